The Balaban J connectivity index is 1.35. The van der Waals surface area contributed by atoms with E-state index in [0.29, 0.717) is 28.9 Å². The average Bonchev–Trinajstić information content (AvgIpc) is 3.17. The number of hydrogen-bond acceptors (Lipinski definition) is 5. The first-order chi connectivity index (χ1) is 16.8. The van der Waals surface area contributed by atoms with Crippen molar-refractivity contribution in [3.05, 3.63) is 65.7 Å². The number of rotatable bonds is 4. The van der Waals surface area contributed by atoms with Crippen LogP contribution in [-0.2, 0) is 16.5 Å². The van der Waals surface area contributed by atoms with Crippen molar-refractivity contribution in [2.24, 2.45) is 17.3 Å². The Labute approximate surface area is 207 Å². The number of aryl methyl sites for hydroxylation is 1. The molecule has 3 aromatic carbocycles. The van der Waals surface area contributed by atoms with Crippen LogP contribution in [0.3, 0.4) is 0 Å². The van der Waals surface area contributed by atoms with Crippen molar-refractivity contribution in [3.63, 3.8) is 0 Å². The lowest BCUT2D eigenvalue weighted by molar-refractivity contribution is -0.0226. The zero-order valence-corrected chi connectivity index (χ0v) is 21.1. The minimum atomic E-state index is -4.06. The maximum absolute atomic E-state index is 13.4. The SMILES string of the molecule is COc1cc2c(cc1OS(=O)(=O)c1cccc3ccccc13)CCC1C2CCC2(C)C1CC[C@@H]2O. The predicted molar refractivity (Wildman–Crippen MR) is 135 cm³/mol. The molecule has 0 aliphatic heterocycles. The van der Waals surface area contributed by atoms with Crippen LogP contribution in [0.2, 0.25) is 0 Å². The van der Waals surface area contributed by atoms with Gasteiger partial charge in [-0.1, -0.05) is 43.3 Å². The van der Waals surface area contributed by atoms with Crippen molar-refractivity contribution in [2.45, 2.75) is 62.4 Å². The maximum atomic E-state index is 13.4. The first kappa shape index (κ1) is 22.9. The maximum Gasteiger partial charge on any atom is 0.339 e. The Morgan fingerprint density at radius 1 is 0.971 bits per heavy atom. The second kappa shape index (κ2) is 8.24. The van der Waals surface area contributed by atoms with E-state index in [9.17, 15) is 13.5 Å². The van der Waals surface area contributed by atoms with Crippen LogP contribution < -0.4 is 8.92 Å². The van der Waals surface area contributed by atoms with Gasteiger partial charge in [0.15, 0.2) is 11.5 Å². The van der Waals surface area contributed by atoms with Gasteiger partial charge in [-0.05, 0) is 96.4 Å². The van der Waals surface area contributed by atoms with Gasteiger partial charge in [0.1, 0.15) is 4.90 Å². The van der Waals surface area contributed by atoms with Crippen LogP contribution in [0, 0.1) is 17.3 Å². The van der Waals surface area contributed by atoms with Crippen LogP contribution in [-0.4, -0.2) is 26.7 Å². The molecule has 0 heterocycles. The molecule has 184 valence electrons. The molecule has 2 fully saturated rings. The topological polar surface area (TPSA) is 72.8 Å². The van der Waals surface area contributed by atoms with Crippen molar-refractivity contribution >= 4 is 20.9 Å². The van der Waals surface area contributed by atoms with Crippen molar-refractivity contribution < 1.29 is 22.4 Å². The van der Waals surface area contributed by atoms with E-state index in [0.717, 1.165) is 49.5 Å². The molecule has 1 N–H and O–H groups in total. The third-order valence-corrected chi connectivity index (χ3v) is 10.5. The minimum Gasteiger partial charge on any atom is -0.493 e. The predicted octanol–water partition coefficient (Wildman–Crippen LogP) is 5.83. The summed E-state index contributed by atoms with van der Waals surface area (Å²) < 4.78 is 38.1. The molecule has 5 atom stereocenters. The van der Waals surface area contributed by atoms with Crippen molar-refractivity contribution in [3.8, 4) is 11.5 Å². The zero-order chi connectivity index (χ0) is 24.4. The van der Waals surface area contributed by atoms with Crippen LogP contribution in [0.4, 0.5) is 0 Å². The zero-order valence-electron chi connectivity index (χ0n) is 20.2. The van der Waals surface area contributed by atoms with Crippen molar-refractivity contribution in [1.82, 2.24) is 0 Å². The molecular formula is C29H32O5S. The fraction of sp³-hybridized carbons (Fsp3) is 0.448. The molecule has 3 aliphatic rings. The smallest absolute Gasteiger partial charge is 0.339 e. The fourth-order valence-electron chi connectivity index (χ4n) is 7.35. The Hall–Kier alpha value is -2.57. The van der Waals surface area contributed by atoms with E-state index in [2.05, 4.69) is 6.92 Å². The molecule has 3 aliphatic carbocycles. The van der Waals surface area contributed by atoms with Gasteiger partial charge in [0.2, 0.25) is 0 Å². The van der Waals surface area contributed by atoms with Gasteiger partial charge in [-0.3, -0.25) is 0 Å². The van der Waals surface area contributed by atoms with Crippen molar-refractivity contribution in [1.29, 1.82) is 0 Å². The summed E-state index contributed by atoms with van der Waals surface area (Å²) in [6, 6.07) is 16.5. The molecule has 4 unspecified atom stereocenters. The third kappa shape index (κ3) is 3.56. The lowest BCUT2D eigenvalue weighted by Crippen LogP contribution is -2.43. The summed E-state index contributed by atoms with van der Waals surface area (Å²) in [4.78, 5) is 0.154. The van der Waals surface area contributed by atoms with E-state index in [1.807, 2.05) is 36.4 Å². The van der Waals surface area contributed by atoms with Crippen LogP contribution in [0.25, 0.3) is 10.8 Å². The van der Waals surface area contributed by atoms with E-state index in [1.54, 1.807) is 25.3 Å². The Bertz CT molecular complexity index is 1390. The molecule has 0 aromatic heterocycles. The quantitative estimate of drug-likeness (QED) is 0.464. The molecule has 35 heavy (non-hydrogen) atoms. The van der Waals surface area contributed by atoms with Crippen molar-refractivity contribution in [2.75, 3.05) is 7.11 Å². The number of aliphatic hydroxyl groups is 1. The highest BCUT2D eigenvalue weighted by Crippen LogP contribution is 2.61. The highest BCUT2D eigenvalue weighted by molar-refractivity contribution is 7.87. The molecule has 6 rings (SSSR count). The normalized spacial score (nSPS) is 29.8. The summed E-state index contributed by atoms with van der Waals surface area (Å²) in [5.74, 6) is 2.20. The van der Waals surface area contributed by atoms with Gasteiger partial charge in [0.05, 0.1) is 13.2 Å². The largest absolute Gasteiger partial charge is 0.493 e. The summed E-state index contributed by atoms with van der Waals surface area (Å²) in [5, 5.41) is 12.1. The number of benzene rings is 3. The molecule has 2 saturated carbocycles. The van der Waals surface area contributed by atoms with E-state index < -0.39 is 10.1 Å². The second-order valence-electron chi connectivity index (χ2n) is 10.8. The Morgan fingerprint density at radius 3 is 2.60 bits per heavy atom. The molecule has 5 nitrogen and oxygen atoms in total. The standard InChI is InChI=1S/C29H32O5S/c1-29-15-14-21-22(24(29)12-13-28(29)30)11-10-19-16-26(25(33-2)17-23(19)21)34-35(31,32)27-9-5-7-18-6-3-4-8-20(18)27/h3-9,16-17,21-22,24,28,30H,10-15H2,1-2H3/t21?,22?,24?,28-,29?/m0/s1. The van der Waals surface area contributed by atoms with Gasteiger partial charge in [0.25, 0.3) is 0 Å². The number of methoxy groups -OCH3 is 1. The van der Waals surface area contributed by atoms with Gasteiger partial charge >= 0.3 is 10.1 Å². The highest BCUT2D eigenvalue weighted by Gasteiger charge is 2.54. The summed E-state index contributed by atoms with van der Waals surface area (Å²) >= 11 is 0. The third-order valence-electron chi connectivity index (χ3n) is 9.18. The van der Waals surface area contributed by atoms with Gasteiger partial charge in [-0.25, -0.2) is 0 Å². The monoisotopic (exact) mass is 492 g/mol. The Kier molecular flexibility index (Phi) is 5.38. The van der Waals surface area contributed by atoms with E-state index in [1.165, 1.54) is 5.56 Å². The Morgan fingerprint density at radius 2 is 1.77 bits per heavy atom. The van der Waals surface area contributed by atoms with Crippen LogP contribution in [0.1, 0.15) is 56.1 Å². The van der Waals surface area contributed by atoms with Gasteiger partial charge in [0, 0.05) is 5.39 Å². The summed E-state index contributed by atoms with van der Waals surface area (Å²) in [6.07, 6.45) is 5.81. The molecule has 0 radical (unpaired) electrons. The fourth-order valence-corrected chi connectivity index (χ4v) is 8.51. The van der Waals surface area contributed by atoms with Gasteiger partial charge in [-0.15, -0.1) is 0 Å². The number of hydrogen-bond donors (Lipinski definition) is 1. The highest BCUT2D eigenvalue weighted by atomic mass is 32.2. The number of aliphatic hydroxyl groups excluding tert-OH is 1. The van der Waals surface area contributed by atoms with Crippen LogP contribution >= 0.6 is 0 Å². The molecule has 0 saturated heterocycles. The summed E-state index contributed by atoms with van der Waals surface area (Å²) in [6.45, 7) is 2.27. The molecule has 6 heteroatoms. The average molecular weight is 493 g/mol. The van der Waals surface area contributed by atoms with E-state index in [4.69, 9.17) is 8.92 Å². The van der Waals surface area contributed by atoms with E-state index >= 15 is 0 Å². The minimum absolute atomic E-state index is 0.0261. The summed E-state index contributed by atoms with van der Waals surface area (Å²) in [7, 11) is -2.50. The first-order valence-corrected chi connectivity index (χ1v) is 14.0. The molecule has 0 bridgehead atoms. The molecule has 0 amide bonds. The lowest BCUT2D eigenvalue weighted by Gasteiger charge is -2.50. The van der Waals surface area contributed by atoms with Gasteiger partial charge < -0.3 is 14.0 Å². The molecule has 0 spiro atoms. The van der Waals surface area contributed by atoms with Crippen LogP contribution in [0.5, 0.6) is 11.5 Å². The second-order valence-corrected chi connectivity index (χ2v) is 12.3. The molecule has 3 aromatic rings. The van der Waals surface area contributed by atoms with Gasteiger partial charge in [-0.2, -0.15) is 8.42 Å². The number of fused-ring (bicyclic) bond motifs is 6. The molecular weight excluding hydrogens is 460 g/mol. The summed E-state index contributed by atoms with van der Waals surface area (Å²) in [5.41, 5.74) is 2.44. The first-order valence-electron chi connectivity index (χ1n) is 12.6. The lowest BCUT2D eigenvalue weighted by atomic mass is 9.55. The number of ether oxygens (including phenoxy) is 1. The van der Waals surface area contributed by atoms with E-state index in [-0.39, 0.29) is 22.2 Å². The van der Waals surface area contributed by atoms with Crippen LogP contribution in [0.15, 0.2) is 59.5 Å².